The summed E-state index contributed by atoms with van der Waals surface area (Å²) in [5.41, 5.74) is 0. The van der Waals surface area contributed by atoms with Crippen molar-refractivity contribution in [3.8, 4) is 0 Å². The first-order valence-electron chi connectivity index (χ1n) is 5.62. The minimum Gasteiger partial charge on any atom is -0.300 e. The highest BCUT2D eigenvalue weighted by atomic mass is 16.1. The lowest BCUT2D eigenvalue weighted by Crippen LogP contribution is -2.11. The number of carbonyl (C=O) groups excluding carboxylic acids is 1. The van der Waals surface area contributed by atoms with Crippen LogP contribution in [0.2, 0.25) is 0 Å². The average Bonchev–Trinajstić information content (AvgIpc) is 2.11. The molecule has 0 aliphatic carbocycles. The van der Waals surface area contributed by atoms with Gasteiger partial charge in [0.1, 0.15) is 5.78 Å². The minimum absolute atomic E-state index is 0.332. The molecule has 0 saturated heterocycles. The van der Waals surface area contributed by atoms with Gasteiger partial charge in [0.25, 0.3) is 0 Å². The van der Waals surface area contributed by atoms with E-state index in [1.165, 1.54) is 12.8 Å². The highest BCUT2D eigenvalue weighted by Gasteiger charge is 2.13. The Labute approximate surface area is 82.9 Å². The van der Waals surface area contributed by atoms with Crippen molar-refractivity contribution in [1.29, 1.82) is 0 Å². The molecule has 0 heterocycles. The first kappa shape index (κ1) is 12.7. The van der Waals surface area contributed by atoms with Crippen LogP contribution in [0.5, 0.6) is 0 Å². The van der Waals surface area contributed by atoms with E-state index >= 15 is 0 Å². The van der Waals surface area contributed by atoms with E-state index in [0.717, 1.165) is 25.2 Å². The molecule has 0 fully saturated rings. The van der Waals surface area contributed by atoms with Crippen molar-refractivity contribution < 1.29 is 4.79 Å². The number of hydrogen-bond acceptors (Lipinski definition) is 1. The molecule has 1 nitrogen and oxygen atoms in total. The Kier molecular flexibility index (Phi) is 6.93. The molecule has 2 atom stereocenters. The molecule has 0 aromatic carbocycles. The molecule has 0 spiro atoms. The molecule has 0 aromatic heterocycles. The average molecular weight is 184 g/mol. The maximum absolute atomic E-state index is 11.2. The highest BCUT2D eigenvalue weighted by Crippen LogP contribution is 2.19. The Morgan fingerprint density at radius 1 is 1.15 bits per heavy atom. The van der Waals surface area contributed by atoms with E-state index in [4.69, 9.17) is 0 Å². The van der Waals surface area contributed by atoms with Crippen LogP contribution in [0.25, 0.3) is 0 Å². The Balaban J connectivity index is 3.75. The van der Waals surface area contributed by atoms with Crippen LogP contribution in [-0.4, -0.2) is 5.78 Å². The van der Waals surface area contributed by atoms with Crippen molar-refractivity contribution in [2.24, 2.45) is 11.8 Å². The van der Waals surface area contributed by atoms with Crippen molar-refractivity contribution in [3.63, 3.8) is 0 Å². The van der Waals surface area contributed by atoms with E-state index in [9.17, 15) is 4.79 Å². The summed E-state index contributed by atoms with van der Waals surface area (Å²) >= 11 is 0. The molecule has 13 heavy (non-hydrogen) atoms. The predicted molar refractivity (Wildman–Crippen MR) is 57.8 cm³/mol. The largest absolute Gasteiger partial charge is 0.300 e. The van der Waals surface area contributed by atoms with Gasteiger partial charge in [-0.15, -0.1) is 0 Å². The van der Waals surface area contributed by atoms with Crippen molar-refractivity contribution in [3.05, 3.63) is 0 Å². The molecular weight excluding hydrogens is 160 g/mol. The Morgan fingerprint density at radius 2 is 1.77 bits per heavy atom. The summed E-state index contributed by atoms with van der Waals surface area (Å²) in [7, 11) is 0. The van der Waals surface area contributed by atoms with Gasteiger partial charge in [-0.3, -0.25) is 4.79 Å². The van der Waals surface area contributed by atoms with Crippen LogP contribution in [0.3, 0.4) is 0 Å². The highest BCUT2D eigenvalue weighted by molar-refractivity contribution is 5.78. The van der Waals surface area contributed by atoms with Gasteiger partial charge in [0.2, 0.25) is 0 Å². The van der Waals surface area contributed by atoms with Crippen molar-refractivity contribution in [1.82, 2.24) is 0 Å². The van der Waals surface area contributed by atoms with Crippen LogP contribution < -0.4 is 0 Å². The summed E-state index contributed by atoms with van der Waals surface area (Å²) in [6, 6.07) is 0. The molecular formula is C12H24O. The predicted octanol–water partition coefficient (Wildman–Crippen LogP) is 3.82. The van der Waals surface area contributed by atoms with E-state index in [1.807, 2.05) is 0 Å². The van der Waals surface area contributed by atoms with Gasteiger partial charge in [-0.25, -0.2) is 0 Å². The van der Waals surface area contributed by atoms with Gasteiger partial charge in [0.05, 0.1) is 0 Å². The number of hydrogen-bond donors (Lipinski definition) is 0. The maximum atomic E-state index is 11.2. The third-order valence-electron chi connectivity index (χ3n) is 2.92. The summed E-state index contributed by atoms with van der Waals surface area (Å²) in [6.45, 7) is 8.37. The molecule has 1 heteroatoms. The monoisotopic (exact) mass is 184 g/mol. The summed E-state index contributed by atoms with van der Waals surface area (Å²) in [4.78, 5) is 11.2. The number of Topliss-reactive ketones (excluding diaryl/α,β-unsaturated/α-hetero) is 1. The molecule has 78 valence electrons. The Morgan fingerprint density at radius 3 is 2.15 bits per heavy atom. The van der Waals surface area contributed by atoms with Crippen LogP contribution >= 0.6 is 0 Å². The fraction of sp³-hybridized carbons (Fsp3) is 0.917. The summed E-state index contributed by atoms with van der Waals surface area (Å²) in [6.07, 6.45) is 5.74. The van der Waals surface area contributed by atoms with Crippen LogP contribution in [0.4, 0.5) is 0 Å². The van der Waals surface area contributed by atoms with Crippen molar-refractivity contribution >= 4 is 5.78 Å². The van der Waals surface area contributed by atoms with E-state index in [1.54, 1.807) is 6.92 Å². The second-order valence-corrected chi connectivity index (χ2v) is 4.19. The zero-order chi connectivity index (χ0) is 10.3. The summed E-state index contributed by atoms with van der Waals surface area (Å²) in [5.74, 6) is 1.49. The van der Waals surface area contributed by atoms with Gasteiger partial charge < -0.3 is 0 Å². The first-order valence-corrected chi connectivity index (χ1v) is 5.62. The molecule has 0 bridgehead atoms. The second kappa shape index (κ2) is 7.11. The molecule has 0 N–H and O–H groups in total. The van der Waals surface area contributed by atoms with E-state index in [-0.39, 0.29) is 0 Å². The van der Waals surface area contributed by atoms with Crippen LogP contribution in [-0.2, 0) is 4.79 Å². The van der Waals surface area contributed by atoms with Gasteiger partial charge >= 0.3 is 0 Å². The maximum Gasteiger partial charge on any atom is 0.132 e. The summed E-state index contributed by atoms with van der Waals surface area (Å²) in [5, 5.41) is 0. The van der Waals surface area contributed by atoms with E-state index < -0.39 is 0 Å². The summed E-state index contributed by atoms with van der Waals surface area (Å²) < 4.78 is 0. The molecule has 2 unspecified atom stereocenters. The smallest absolute Gasteiger partial charge is 0.132 e. The fourth-order valence-corrected chi connectivity index (χ4v) is 1.59. The third kappa shape index (κ3) is 5.84. The normalized spacial score (nSPS) is 15.4. The van der Waals surface area contributed by atoms with Gasteiger partial charge in [-0.1, -0.05) is 40.0 Å². The lowest BCUT2D eigenvalue weighted by atomic mass is 9.90. The quantitative estimate of drug-likeness (QED) is 0.588. The number of rotatable bonds is 7. The van der Waals surface area contributed by atoms with Crippen molar-refractivity contribution in [2.45, 2.75) is 59.8 Å². The Hall–Kier alpha value is -0.330. The third-order valence-corrected chi connectivity index (χ3v) is 2.92. The lowest BCUT2D eigenvalue weighted by Gasteiger charge is -2.14. The fourth-order valence-electron chi connectivity index (χ4n) is 1.59. The number of ketones is 1. The van der Waals surface area contributed by atoms with Crippen LogP contribution in [0.15, 0.2) is 0 Å². The van der Waals surface area contributed by atoms with Crippen molar-refractivity contribution in [2.75, 3.05) is 0 Å². The molecule has 0 saturated carbocycles. The molecule has 0 aliphatic heterocycles. The molecule has 0 aromatic rings. The standard InChI is InChI=1S/C12H24O/c1-5-7-12(11(4)13)9-8-10(3)6-2/h10,12H,5-9H2,1-4H3. The van der Waals surface area contributed by atoms with Gasteiger partial charge in [-0.2, -0.15) is 0 Å². The topological polar surface area (TPSA) is 17.1 Å². The lowest BCUT2D eigenvalue weighted by molar-refractivity contribution is -0.121. The first-order chi connectivity index (χ1) is 6.11. The molecule has 0 aliphatic rings. The van der Waals surface area contributed by atoms with Crippen LogP contribution in [0, 0.1) is 11.8 Å². The Bertz CT molecular complexity index is 140. The molecule has 0 rings (SSSR count). The molecule has 0 radical (unpaired) electrons. The van der Waals surface area contributed by atoms with Gasteiger partial charge in [0.15, 0.2) is 0 Å². The SMILES string of the molecule is CCCC(CCC(C)CC)C(C)=O. The van der Waals surface area contributed by atoms with Gasteiger partial charge in [-0.05, 0) is 25.7 Å². The zero-order valence-corrected chi connectivity index (χ0v) is 9.60. The molecule has 0 amide bonds. The minimum atomic E-state index is 0.332. The van der Waals surface area contributed by atoms with E-state index in [2.05, 4.69) is 20.8 Å². The second-order valence-electron chi connectivity index (χ2n) is 4.19. The number of carbonyl (C=O) groups is 1. The van der Waals surface area contributed by atoms with Gasteiger partial charge in [0, 0.05) is 5.92 Å². The zero-order valence-electron chi connectivity index (χ0n) is 9.60. The van der Waals surface area contributed by atoms with Crippen LogP contribution in [0.1, 0.15) is 59.8 Å². The van der Waals surface area contributed by atoms with E-state index in [0.29, 0.717) is 11.7 Å².